The Morgan fingerprint density at radius 2 is 0.857 bits per heavy atom. The molecule has 0 aliphatic carbocycles. The van der Waals surface area contributed by atoms with Gasteiger partial charge < -0.3 is 22.7 Å². The molecule has 0 amide bonds. The van der Waals surface area contributed by atoms with Crippen LogP contribution in [0.15, 0.2) is 0 Å². The smallest absolute Gasteiger partial charge is 0.418 e. The topological polar surface area (TPSA) is 31.5 Å². The first-order valence-electron chi connectivity index (χ1n) is 0.873. The fourth-order valence-electron chi connectivity index (χ4n) is 0. The van der Waals surface area contributed by atoms with Gasteiger partial charge in [0.05, 0.1) is 0 Å². The van der Waals surface area contributed by atoms with Crippen molar-refractivity contribution in [1.82, 2.24) is 0 Å². The Bertz CT molecular complexity index is 27.2. The minimum absolute atomic E-state index is 0. The summed E-state index contributed by atoms with van der Waals surface area (Å²) in [6.07, 6.45) is 0. The molecule has 0 unspecified atom stereocenters. The van der Waals surface area contributed by atoms with E-state index in [1.54, 1.807) is 0 Å². The van der Waals surface area contributed by atoms with Crippen LogP contribution in [0.5, 0.6) is 0 Å². The molecule has 0 bridgehead atoms. The Morgan fingerprint density at radius 1 is 0.857 bits per heavy atom. The van der Waals surface area contributed by atoms with Gasteiger partial charge in [0.1, 0.15) is 0 Å². The molecular weight excluding hydrogens is 161 g/mol. The zero-order chi connectivity index (χ0) is 4.50. The first-order chi connectivity index (χ1) is 2.00. The van der Waals surface area contributed by atoms with Gasteiger partial charge in [0, 0.05) is 16.5 Å². The molecule has 0 atom stereocenters. The van der Waals surface area contributed by atoms with E-state index in [2.05, 4.69) is 0 Å². The van der Waals surface area contributed by atoms with E-state index >= 15 is 0 Å². The fourth-order valence-corrected chi connectivity index (χ4v) is 0. The Morgan fingerprint density at radius 3 is 0.857 bits per heavy atom. The van der Waals surface area contributed by atoms with Gasteiger partial charge >= 0.3 is 7.25 Å². The summed E-state index contributed by atoms with van der Waals surface area (Å²) >= 11 is 0. The van der Waals surface area contributed by atoms with Crippen LogP contribution in [0.1, 0.15) is 0 Å². The zero-order valence-corrected chi connectivity index (χ0v) is 3.89. The minimum atomic E-state index is -6.00. The van der Waals surface area contributed by atoms with E-state index in [0.717, 1.165) is 0 Å². The summed E-state index contributed by atoms with van der Waals surface area (Å²) in [5, 5.41) is 0. The number of hydrogen-bond donors (Lipinski definition) is 0. The van der Waals surface area contributed by atoms with Gasteiger partial charge in [-0.15, -0.1) is 0 Å². The Balaban J connectivity index is -0.0000000800. The van der Waals surface area contributed by atoms with E-state index in [4.69, 9.17) is 0 Å². The van der Waals surface area contributed by atoms with Crippen LogP contribution in [0.2, 0.25) is 0 Å². The molecule has 0 heterocycles. The van der Waals surface area contributed by atoms with E-state index in [9.17, 15) is 17.3 Å². The van der Waals surface area contributed by atoms with Crippen LogP contribution in [-0.2, 0) is 16.5 Å². The second-order valence-electron chi connectivity index (χ2n) is 0.495. The first kappa shape index (κ1) is 15.7. The molecule has 0 aromatic rings. The van der Waals surface area contributed by atoms with Crippen LogP contribution >= 0.6 is 0 Å². The molecule has 0 saturated heterocycles. The molecule has 0 saturated carbocycles. The second-order valence-corrected chi connectivity index (χ2v) is 0.495. The maximum Gasteiger partial charge on any atom is 0.673 e. The monoisotopic (exact) mass is 163 g/mol. The maximum absolute atomic E-state index is 9.75. The van der Waals surface area contributed by atoms with Gasteiger partial charge in [-0.1, -0.05) is 0 Å². The van der Waals surface area contributed by atoms with Gasteiger partial charge in [0.25, 0.3) is 0 Å². The van der Waals surface area contributed by atoms with E-state index in [1.165, 1.54) is 0 Å². The summed E-state index contributed by atoms with van der Waals surface area (Å²) in [5.41, 5.74) is 0. The Hall–Kier alpha value is 0.238. The van der Waals surface area contributed by atoms with E-state index < -0.39 is 7.25 Å². The second kappa shape index (κ2) is 4.40. The summed E-state index contributed by atoms with van der Waals surface area (Å²) in [5.74, 6) is 0. The molecule has 7 heteroatoms. The van der Waals surface area contributed by atoms with Gasteiger partial charge in [-0.2, -0.15) is 0 Å². The number of halogens is 4. The third-order valence-corrected chi connectivity index (χ3v) is 0. The molecule has 0 fully saturated rings. The molecular formula is H2BF4NiO-. The van der Waals surface area contributed by atoms with Crippen molar-refractivity contribution in [3.8, 4) is 0 Å². The zero-order valence-electron chi connectivity index (χ0n) is 2.91. The molecule has 50 valence electrons. The van der Waals surface area contributed by atoms with E-state index in [0.29, 0.717) is 0 Å². The van der Waals surface area contributed by atoms with Crippen molar-refractivity contribution < 1.29 is 39.2 Å². The Kier molecular flexibility index (Phi) is 9.85. The summed E-state index contributed by atoms with van der Waals surface area (Å²) in [7, 11) is -6.00. The molecule has 0 aliphatic rings. The minimum Gasteiger partial charge on any atom is -0.418 e. The van der Waals surface area contributed by atoms with E-state index in [-0.39, 0.29) is 22.0 Å². The molecule has 0 aliphatic heterocycles. The van der Waals surface area contributed by atoms with Crippen LogP contribution in [0.4, 0.5) is 17.3 Å². The first-order valence-corrected chi connectivity index (χ1v) is 0.873. The fraction of sp³-hybridized carbons (Fsp3) is 0. The summed E-state index contributed by atoms with van der Waals surface area (Å²) in [6.45, 7) is 0. The average Bonchev–Trinajstić information content (AvgIpc) is 0.722. The molecule has 0 aromatic carbocycles. The van der Waals surface area contributed by atoms with Gasteiger partial charge in [0.2, 0.25) is 0 Å². The quantitative estimate of drug-likeness (QED) is 0.367. The van der Waals surface area contributed by atoms with E-state index in [1.807, 2.05) is 0 Å². The summed E-state index contributed by atoms with van der Waals surface area (Å²) in [6, 6.07) is 0. The molecule has 0 spiro atoms. The van der Waals surface area contributed by atoms with Crippen LogP contribution in [-0.4, -0.2) is 12.7 Å². The average molecular weight is 164 g/mol. The van der Waals surface area contributed by atoms with Gasteiger partial charge in [-0.05, 0) is 0 Å². The number of hydrogen-bond acceptors (Lipinski definition) is 0. The van der Waals surface area contributed by atoms with Crippen LogP contribution in [0, 0.1) is 0 Å². The predicted molar refractivity (Wildman–Crippen MR) is 13.8 cm³/mol. The normalized spacial score (nSPS) is 8.57. The van der Waals surface area contributed by atoms with Crippen molar-refractivity contribution in [2.75, 3.05) is 0 Å². The van der Waals surface area contributed by atoms with Gasteiger partial charge in [-0.3, -0.25) is 0 Å². The molecule has 0 radical (unpaired) electrons. The molecule has 0 rings (SSSR count). The van der Waals surface area contributed by atoms with Crippen molar-refractivity contribution in [3.05, 3.63) is 0 Å². The van der Waals surface area contributed by atoms with Crippen LogP contribution in [0.3, 0.4) is 0 Å². The molecule has 1 nitrogen and oxygen atoms in total. The summed E-state index contributed by atoms with van der Waals surface area (Å²) in [4.78, 5) is 0. The standard InChI is InChI=1S/BF4.Ni.H2O/c2-1(3,4)5;;/h;;1H2/q-1;;. The van der Waals surface area contributed by atoms with Crippen molar-refractivity contribution in [2.45, 2.75) is 0 Å². The molecule has 7 heavy (non-hydrogen) atoms. The van der Waals surface area contributed by atoms with Crippen LogP contribution < -0.4 is 0 Å². The third kappa shape index (κ3) is 1970. The van der Waals surface area contributed by atoms with Crippen molar-refractivity contribution in [2.24, 2.45) is 0 Å². The summed E-state index contributed by atoms with van der Waals surface area (Å²) < 4.78 is 39.0. The molecule has 2 N–H and O–H groups in total. The number of rotatable bonds is 0. The van der Waals surface area contributed by atoms with Crippen molar-refractivity contribution >= 4 is 7.25 Å². The van der Waals surface area contributed by atoms with Crippen molar-refractivity contribution in [3.63, 3.8) is 0 Å². The third-order valence-electron chi connectivity index (χ3n) is 0. The van der Waals surface area contributed by atoms with Gasteiger partial charge in [-0.25, -0.2) is 0 Å². The predicted octanol–water partition coefficient (Wildman–Crippen LogP) is 0.473. The largest absolute Gasteiger partial charge is 0.673 e. The molecule has 0 aromatic heterocycles. The van der Waals surface area contributed by atoms with Crippen LogP contribution in [0.25, 0.3) is 0 Å². The van der Waals surface area contributed by atoms with Crippen molar-refractivity contribution in [1.29, 1.82) is 0 Å². The maximum atomic E-state index is 9.75. The Labute approximate surface area is 47.4 Å². The van der Waals surface area contributed by atoms with Gasteiger partial charge in [0.15, 0.2) is 0 Å². The SMILES string of the molecule is F[B-](F)(F)F.O.[Ni].